The second-order valence-corrected chi connectivity index (χ2v) is 8.52. The Morgan fingerprint density at radius 2 is 1.74 bits per heavy atom. The van der Waals surface area contributed by atoms with Gasteiger partial charge in [0.2, 0.25) is 0 Å². The van der Waals surface area contributed by atoms with Crippen molar-refractivity contribution >= 4 is 0 Å². The molecule has 31 heavy (non-hydrogen) atoms. The highest BCUT2D eigenvalue weighted by Crippen LogP contribution is 2.51. The van der Waals surface area contributed by atoms with Gasteiger partial charge in [0.25, 0.3) is 5.92 Å². The molecule has 0 heterocycles. The van der Waals surface area contributed by atoms with Gasteiger partial charge in [0.05, 0.1) is 5.92 Å². The summed E-state index contributed by atoms with van der Waals surface area (Å²) < 4.78 is 73.8. The van der Waals surface area contributed by atoms with Gasteiger partial charge in [-0.05, 0) is 72.8 Å². The molecule has 1 fully saturated rings. The zero-order chi connectivity index (χ0) is 22.6. The number of allylic oxidation sites excluding steroid dienone is 1. The molecular weight excluding hydrogens is 407 g/mol. The van der Waals surface area contributed by atoms with E-state index in [1.165, 1.54) is 18.2 Å². The summed E-state index contributed by atoms with van der Waals surface area (Å²) in [6.07, 6.45) is 4.70. The van der Waals surface area contributed by atoms with Gasteiger partial charge in [-0.15, -0.1) is 6.58 Å². The molecule has 3 rings (SSSR count). The molecule has 1 aliphatic carbocycles. The molecule has 0 aromatic heterocycles. The standard InChI is InChI=1S/C26H29F5/c1-3-5-7-17-9-12-20(23(27)15-17)19-11-14-22(26(30,31)16-19)21-13-10-18(8-6-4-2)24(28)25(21)29/h4,9-10,12-13,15,19,22H,2-3,5-8,11,14,16H2,1H3. The van der Waals surface area contributed by atoms with Crippen LogP contribution in [-0.4, -0.2) is 5.92 Å². The van der Waals surface area contributed by atoms with E-state index < -0.39 is 41.6 Å². The van der Waals surface area contributed by atoms with Crippen LogP contribution in [0.5, 0.6) is 0 Å². The van der Waals surface area contributed by atoms with E-state index in [9.17, 15) is 13.2 Å². The Hall–Kier alpha value is -2.17. The van der Waals surface area contributed by atoms with Gasteiger partial charge >= 0.3 is 0 Å². The molecule has 0 N–H and O–H groups in total. The summed E-state index contributed by atoms with van der Waals surface area (Å²) in [6, 6.07) is 7.50. The first-order valence-corrected chi connectivity index (χ1v) is 11.0. The van der Waals surface area contributed by atoms with Crippen molar-refractivity contribution in [2.75, 3.05) is 0 Å². The fourth-order valence-electron chi connectivity index (χ4n) is 4.56. The summed E-state index contributed by atoms with van der Waals surface area (Å²) in [5.41, 5.74) is 1.00. The fourth-order valence-corrected chi connectivity index (χ4v) is 4.56. The quantitative estimate of drug-likeness (QED) is 0.289. The first-order chi connectivity index (χ1) is 14.8. The Balaban J connectivity index is 1.79. The maximum absolute atomic E-state index is 15.1. The summed E-state index contributed by atoms with van der Waals surface area (Å²) in [4.78, 5) is 0. The molecule has 0 aliphatic heterocycles. The molecule has 168 valence electrons. The van der Waals surface area contributed by atoms with Gasteiger partial charge in [0, 0.05) is 6.42 Å². The van der Waals surface area contributed by atoms with Gasteiger partial charge in [0.15, 0.2) is 11.6 Å². The van der Waals surface area contributed by atoms with Crippen LogP contribution in [0.2, 0.25) is 0 Å². The summed E-state index contributed by atoms with van der Waals surface area (Å²) in [5, 5.41) is 0. The zero-order valence-corrected chi connectivity index (χ0v) is 17.9. The van der Waals surface area contributed by atoms with E-state index >= 15 is 8.78 Å². The van der Waals surface area contributed by atoms with Crippen LogP contribution < -0.4 is 0 Å². The SMILES string of the molecule is C=CCCc1ccc(C2CCC(c3ccc(CCCC)cc3F)CC2(F)F)c(F)c1F. The summed E-state index contributed by atoms with van der Waals surface area (Å²) >= 11 is 0. The van der Waals surface area contributed by atoms with Gasteiger partial charge < -0.3 is 0 Å². The van der Waals surface area contributed by atoms with E-state index in [2.05, 4.69) is 13.5 Å². The highest BCUT2D eigenvalue weighted by atomic mass is 19.3. The largest absolute Gasteiger partial charge is 0.255 e. The van der Waals surface area contributed by atoms with E-state index in [1.807, 2.05) is 0 Å². The van der Waals surface area contributed by atoms with Crippen molar-refractivity contribution in [3.8, 4) is 0 Å². The Labute approximate surface area is 181 Å². The predicted octanol–water partition coefficient (Wildman–Crippen LogP) is 8.25. The molecular formula is C26H29F5. The van der Waals surface area contributed by atoms with Crippen LogP contribution in [0, 0.1) is 17.5 Å². The molecule has 0 saturated heterocycles. The molecule has 0 nitrogen and oxygen atoms in total. The molecule has 1 aliphatic rings. The highest BCUT2D eigenvalue weighted by Gasteiger charge is 2.47. The topological polar surface area (TPSA) is 0 Å². The normalized spacial score (nSPS) is 20.6. The number of halogens is 5. The van der Waals surface area contributed by atoms with Crippen LogP contribution in [0.4, 0.5) is 22.0 Å². The van der Waals surface area contributed by atoms with Crippen LogP contribution >= 0.6 is 0 Å². The van der Waals surface area contributed by atoms with Crippen molar-refractivity contribution in [3.63, 3.8) is 0 Å². The van der Waals surface area contributed by atoms with Crippen LogP contribution in [-0.2, 0) is 12.8 Å². The van der Waals surface area contributed by atoms with Crippen molar-refractivity contribution < 1.29 is 22.0 Å². The number of rotatable bonds is 8. The summed E-state index contributed by atoms with van der Waals surface area (Å²) in [5.74, 6) is -8.05. The van der Waals surface area contributed by atoms with Crippen molar-refractivity contribution in [2.24, 2.45) is 0 Å². The fraction of sp³-hybridized carbons (Fsp3) is 0.462. The third-order valence-electron chi connectivity index (χ3n) is 6.34. The monoisotopic (exact) mass is 436 g/mol. The van der Waals surface area contributed by atoms with Crippen LogP contribution in [0.1, 0.15) is 79.5 Å². The lowest BCUT2D eigenvalue weighted by molar-refractivity contribution is -0.0628. The number of alkyl halides is 2. The Morgan fingerprint density at radius 3 is 2.39 bits per heavy atom. The Kier molecular flexibility index (Phi) is 7.55. The van der Waals surface area contributed by atoms with Gasteiger partial charge in [-0.3, -0.25) is 0 Å². The molecule has 2 aromatic rings. The maximum atomic E-state index is 15.1. The molecule has 0 radical (unpaired) electrons. The number of aryl methyl sites for hydroxylation is 2. The van der Waals surface area contributed by atoms with E-state index in [4.69, 9.17) is 0 Å². The average molecular weight is 437 g/mol. The van der Waals surface area contributed by atoms with Crippen molar-refractivity contribution in [1.82, 2.24) is 0 Å². The minimum absolute atomic E-state index is 0.0307. The second-order valence-electron chi connectivity index (χ2n) is 8.52. The third kappa shape index (κ3) is 5.19. The molecule has 0 spiro atoms. The molecule has 0 bridgehead atoms. The molecule has 1 saturated carbocycles. The first-order valence-electron chi connectivity index (χ1n) is 11.0. The maximum Gasteiger partial charge on any atom is 0.255 e. The van der Waals surface area contributed by atoms with Gasteiger partial charge in [-0.25, -0.2) is 22.0 Å². The van der Waals surface area contributed by atoms with Crippen molar-refractivity contribution in [2.45, 2.75) is 76.0 Å². The molecule has 2 atom stereocenters. The van der Waals surface area contributed by atoms with Crippen LogP contribution in [0.25, 0.3) is 0 Å². The van der Waals surface area contributed by atoms with E-state index in [-0.39, 0.29) is 29.5 Å². The van der Waals surface area contributed by atoms with Gasteiger partial charge in [-0.2, -0.15) is 0 Å². The molecule has 2 aromatic carbocycles. The molecule has 5 heteroatoms. The number of benzene rings is 2. The lowest BCUT2D eigenvalue weighted by atomic mass is 9.73. The molecule has 0 amide bonds. The molecule has 2 unspecified atom stereocenters. The van der Waals surface area contributed by atoms with E-state index in [0.717, 1.165) is 24.8 Å². The van der Waals surface area contributed by atoms with Crippen LogP contribution in [0.15, 0.2) is 43.0 Å². The Bertz CT molecular complexity index is 918. The minimum atomic E-state index is -3.26. The zero-order valence-electron chi connectivity index (χ0n) is 17.9. The predicted molar refractivity (Wildman–Crippen MR) is 114 cm³/mol. The summed E-state index contributed by atoms with van der Waals surface area (Å²) in [6.45, 7) is 5.60. The van der Waals surface area contributed by atoms with Gasteiger partial charge in [0.1, 0.15) is 5.82 Å². The summed E-state index contributed by atoms with van der Waals surface area (Å²) in [7, 11) is 0. The van der Waals surface area contributed by atoms with E-state index in [0.29, 0.717) is 12.8 Å². The smallest absolute Gasteiger partial charge is 0.207 e. The lowest BCUT2D eigenvalue weighted by Crippen LogP contribution is -2.34. The van der Waals surface area contributed by atoms with Gasteiger partial charge in [-0.1, -0.05) is 43.7 Å². The number of hydrogen-bond acceptors (Lipinski definition) is 0. The Morgan fingerprint density at radius 1 is 1.00 bits per heavy atom. The first kappa shape index (κ1) is 23.5. The number of hydrogen-bond donors (Lipinski definition) is 0. The van der Waals surface area contributed by atoms with Crippen molar-refractivity contribution in [3.05, 3.63) is 82.7 Å². The lowest BCUT2D eigenvalue weighted by Gasteiger charge is -2.37. The highest BCUT2D eigenvalue weighted by molar-refractivity contribution is 5.33. The third-order valence-corrected chi connectivity index (χ3v) is 6.34. The number of unbranched alkanes of at least 4 members (excludes halogenated alkanes) is 1. The van der Waals surface area contributed by atoms with E-state index in [1.54, 1.807) is 18.2 Å². The second kappa shape index (κ2) is 9.97. The van der Waals surface area contributed by atoms with Crippen LogP contribution in [0.3, 0.4) is 0 Å². The average Bonchev–Trinajstić information content (AvgIpc) is 2.73. The van der Waals surface area contributed by atoms with Crippen molar-refractivity contribution in [1.29, 1.82) is 0 Å². The minimum Gasteiger partial charge on any atom is -0.207 e.